The Hall–Kier alpha value is -0.790. The van der Waals surface area contributed by atoms with Crippen LogP contribution in [-0.4, -0.2) is 5.91 Å². The zero-order valence-electron chi connectivity index (χ0n) is 4.62. The molecule has 0 atom stereocenters. The molecule has 0 spiro atoms. The summed E-state index contributed by atoms with van der Waals surface area (Å²) in [6.45, 7) is 6.65. The lowest BCUT2D eigenvalue weighted by molar-refractivity contribution is -0.118. The van der Waals surface area contributed by atoms with Crippen molar-refractivity contribution in [3.8, 4) is 0 Å². The topological polar surface area (TPSA) is 29.1 Å². The predicted octanol–water partition coefficient (Wildman–Crippen LogP) is 0.656. The zero-order valence-corrected chi connectivity index (χ0v) is 4.62. The summed E-state index contributed by atoms with van der Waals surface area (Å²) in [5, 5.41) is 2.47. The number of carbonyl (C=O) groups is 1. The smallest absolute Gasteiger partial charge is 0.220 e. The van der Waals surface area contributed by atoms with Crippen molar-refractivity contribution in [3.05, 3.63) is 12.3 Å². The first-order valence-electron chi connectivity index (χ1n) is 2.06. The first-order chi connectivity index (χ1) is 3.13. The molecule has 0 heterocycles. The van der Waals surface area contributed by atoms with E-state index in [-0.39, 0.29) is 5.91 Å². The first kappa shape index (κ1) is 6.21. The molecule has 1 N–H and O–H groups in total. The average Bonchev–Trinajstić information content (AvgIpc) is 1.27. The van der Waals surface area contributed by atoms with Crippen molar-refractivity contribution in [3.63, 3.8) is 0 Å². The van der Waals surface area contributed by atoms with Crippen LogP contribution in [0, 0.1) is 0 Å². The Bertz CT molecular complexity index is 84.3. The average molecular weight is 99.1 g/mol. The van der Waals surface area contributed by atoms with Crippen LogP contribution in [0.1, 0.15) is 13.8 Å². The van der Waals surface area contributed by atoms with E-state index < -0.39 is 0 Å². The summed E-state index contributed by atoms with van der Waals surface area (Å²) in [6.07, 6.45) is 0. The van der Waals surface area contributed by atoms with Gasteiger partial charge in [-0.1, -0.05) is 6.58 Å². The molecule has 1 amide bonds. The van der Waals surface area contributed by atoms with Crippen molar-refractivity contribution < 1.29 is 4.79 Å². The van der Waals surface area contributed by atoms with Gasteiger partial charge in [0.2, 0.25) is 5.91 Å². The summed E-state index contributed by atoms with van der Waals surface area (Å²) < 4.78 is 0. The molecule has 0 rings (SSSR count). The summed E-state index contributed by atoms with van der Waals surface area (Å²) in [7, 11) is 0. The van der Waals surface area contributed by atoms with Crippen molar-refractivity contribution >= 4 is 5.91 Å². The summed E-state index contributed by atoms with van der Waals surface area (Å²) in [6, 6.07) is 0. The molecule has 0 fully saturated rings. The number of hydrogen-bond donors (Lipinski definition) is 1. The molecule has 2 nitrogen and oxygen atoms in total. The molecule has 40 valence electrons. The van der Waals surface area contributed by atoms with E-state index in [1.165, 1.54) is 6.92 Å². The van der Waals surface area contributed by atoms with Crippen LogP contribution in [-0.2, 0) is 4.79 Å². The molecule has 0 aliphatic heterocycles. The standard InChI is InChI=1S/C5H9NO/c1-4(2)6-5(3)7/h1H2,2-3H3,(H,6,7). The molecule has 0 saturated heterocycles. The predicted molar refractivity (Wildman–Crippen MR) is 28.6 cm³/mol. The molecule has 0 aliphatic carbocycles. The molecular formula is C5H9NO. The highest BCUT2D eigenvalue weighted by molar-refractivity contribution is 5.74. The maximum atomic E-state index is 10.1. The van der Waals surface area contributed by atoms with Crippen LogP contribution in [0.2, 0.25) is 0 Å². The van der Waals surface area contributed by atoms with E-state index in [9.17, 15) is 4.79 Å². The summed E-state index contributed by atoms with van der Waals surface area (Å²) >= 11 is 0. The van der Waals surface area contributed by atoms with Crippen molar-refractivity contribution in [2.45, 2.75) is 13.8 Å². The van der Waals surface area contributed by atoms with E-state index in [0.29, 0.717) is 5.70 Å². The lowest BCUT2D eigenvalue weighted by Crippen LogP contribution is -2.15. The summed E-state index contributed by atoms with van der Waals surface area (Å²) in [5.41, 5.74) is 0.688. The fraction of sp³-hybridized carbons (Fsp3) is 0.400. The number of rotatable bonds is 1. The van der Waals surface area contributed by atoms with Gasteiger partial charge in [-0.15, -0.1) is 0 Å². The first-order valence-corrected chi connectivity index (χ1v) is 2.06. The molecule has 0 saturated carbocycles. The molecule has 0 aromatic rings. The number of amides is 1. The van der Waals surface area contributed by atoms with Gasteiger partial charge in [0.05, 0.1) is 0 Å². The van der Waals surface area contributed by atoms with E-state index in [0.717, 1.165) is 0 Å². The Morgan fingerprint density at radius 1 is 1.57 bits per heavy atom. The molecule has 0 aliphatic rings. The van der Waals surface area contributed by atoms with E-state index in [2.05, 4.69) is 11.9 Å². The molecule has 0 radical (unpaired) electrons. The van der Waals surface area contributed by atoms with Gasteiger partial charge in [-0.05, 0) is 6.92 Å². The fourth-order valence-electron chi connectivity index (χ4n) is 0.301. The molecule has 0 aromatic heterocycles. The van der Waals surface area contributed by atoms with Gasteiger partial charge in [0.1, 0.15) is 0 Å². The number of hydrogen-bond acceptors (Lipinski definition) is 1. The minimum Gasteiger partial charge on any atom is -0.331 e. The Morgan fingerprint density at radius 2 is 2.00 bits per heavy atom. The zero-order chi connectivity index (χ0) is 5.86. The third-order valence-corrected chi connectivity index (χ3v) is 0.389. The van der Waals surface area contributed by atoms with Crippen LogP contribution in [0.15, 0.2) is 12.3 Å². The number of nitrogens with one attached hydrogen (secondary N) is 1. The molecule has 7 heavy (non-hydrogen) atoms. The van der Waals surface area contributed by atoms with Gasteiger partial charge in [-0.25, -0.2) is 0 Å². The monoisotopic (exact) mass is 99.1 g/mol. The fourth-order valence-corrected chi connectivity index (χ4v) is 0.301. The maximum absolute atomic E-state index is 10.1. The normalized spacial score (nSPS) is 7.71. The van der Waals surface area contributed by atoms with Gasteiger partial charge in [0.15, 0.2) is 0 Å². The van der Waals surface area contributed by atoms with Crippen molar-refractivity contribution in [2.24, 2.45) is 0 Å². The maximum Gasteiger partial charge on any atom is 0.220 e. The molecule has 0 bridgehead atoms. The number of allylic oxidation sites excluding steroid dienone is 1. The third-order valence-electron chi connectivity index (χ3n) is 0.389. The van der Waals surface area contributed by atoms with Crippen molar-refractivity contribution in [2.75, 3.05) is 0 Å². The largest absolute Gasteiger partial charge is 0.331 e. The molecular weight excluding hydrogens is 90.1 g/mol. The van der Waals surface area contributed by atoms with E-state index in [4.69, 9.17) is 0 Å². The minimum atomic E-state index is -0.0625. The van der Waals surface area contributed by atoms with Gasteiger partial charge in [0, 0.05) is 12.6 Å². The molecule has 0 aromatic carbocycles. The lowest BCUT2D eigenvalue weighted by Gasteiger charge is -1.94. The van der Waals surface area contributed by atoms with Gasteiger partial charge in [-0.3, -0.25) is 4.79 Å². The number of carbonyl (C=O) groups excluding carboxylic acids is 1. The highest BCUT2D eigenvalue weighted by Gasteiger charge is 1.84. The Balaban J connectivity index is 3.32. The van der Waals surface area contributed by atoms with Gasteiger partial charge in [-0.2, -0.15) is 0 Å². The summed E-state index contributed by atoms with van der Waals surface area (Å²) in [4.78, 5) is 10.1. The minimum absolute atomic E-state index is 0.0625. The molecule has 0 unspecified atom stereocenters. The molecule has 2 heteroatoms. The Labute approximate surface area is 43.2 Å². The van der Waals surface area contributed by atoms with Crippen LogP contribution in [0.4, 0.5) is 0 Å². The highest BCUT2D eigenvalue weighted by Crippen LogP contribution is 1.74. The SMILES string of the molecule is C=C(C)NC(C)=O. The van der Waals surface area contributed by atoms with E-state index in [1.807, 2.05) is 0 Å². The Morgan fingerprint density at radius 3 is 2.00 bits per heavy atom. The van der Waals surface area contributed by atoms with Crippen LogP contribution < -0.4 is 5.32 Å². The summed E-state index contributed by atoms with van der Waals surface area (Å²) in [5.74, 6) is -0.0625. The second-order valence-electron chi connectivity index (χ2n) is 1.46. The quantitative estimate of drug-likeness (QED) is 0.514. The highest BCUT2D eigenvalue weighted by atomic mass is 16.1. The van der Waals surface area contributed by atoms with E-state index >= 15 is 0 Å². The van der Waals surface area contributed by atoms with Crippen molar-refractivity contribution in [1.29, 1.82) is 0 Å². The van der Waals surface area contributed by atoms with Crippen LogP contribution in [0.5, 0.6) is 0 Å². The van der Waals surface area contributed by atoms with Crippen molar-refractivity contribution in [1.82, 2.24) is 5.32 Å². The lowest BCUT2D eigenvalue weighted by atomic mass is 10.5. The van der Waals surface area contributed by atoms with Gasteiger partial charge >= 0.3 is 0 Å². The Kier molecular flexibility index (Phi) is 2.12. The third kappa shape index (κ3) is 5.21. The van der Waals surface area contributed by atoms with Gasteiger partial charge < -0.3 is 5.32 Å². The second-order valence-corrected chi connectivity index (χ2v) is 1.46. The van der Waals surface area contributed by atoms with E-state index in [1.54, 1.807) is 6.92 Å². The second kappa shape index (κ2) is 2.39. The van der Waals surface area contributed by atoms with Crippen LogP contribution in [0.3, 0.4) is 0 Å². The van der Waals surface area contributed by atoms with Crippen LogP contribution in [0.25, 0.3) is 0 Å². The van der Waals surface area contributed by atoms with Gasteiger partial charge in [0.25, 0.3) is 0 Å². The van der Waals surface area contributed by atoms with Crippen LogP contribution >= 0.6 is 0 Å².